The molecule has 1 atom stereocenters. The van der Waals surface area contributed by atoms with E-state index >= 15 is 0 Å². The molecule has 0 saturated carbocycles. The molecule has 0 bridgehead atoms. The van der Waals surface area contributed by atoms with Crippen LogP contribution in [0.2, 0.25) is 5.02 Å². The second-order valence-electron chi connectivity index (χ2n) is 7.99. The van der Waals surface area contributed by atoms with Crippen molar-refractivity contribution in [1.82, 2.24) is 35.0 Å². The van der Waals surface area contributed by atoms with Crippen molar-refractivity contribution in [3.63, 3.8) is 0 Å². The average Bonchev–Trinajstić information content (AvgIpc) is 2.93. The zero-order valence-electron chi connectivity index (χ0n) is 20.5. The Kier molecular flexibility index (Phi) is 8.30. The van der Waals surface area contributed by atoms with Crippen LogP contribution in [-0.4, -0.2) is 66.3 Å². The van der Waals surface area contributed by atoms with Gasteiger partial charge >= 0.3 is 0 Å². The fourth-order valence-corrected chi connectivity index (χ4v) is 5.55. The third-order valence-corrected chi connectivity index (χ3v) is 7.90. The Morgan fingerprint density at radius 3 is 2.63 bits per heavy atom. The van der Waals surface area contributed by atoms with Gasteiger partial charge < -0.3 is 10.1 Å². The maximum absolute atomic E-state index is 13.2. The number of rotatable bonds is 10. The van der Waals surface area contributed by atoms with Crippen molar-refractivity contribution in [2.75, 3.05) is 11.9 Å². The predicted molar refractivity (Wildman–Crippen MR) is 138 cm³/mol. The summed E-state index contributed by atoms with van der Waals surface area (Å²) < 4.78 is 56.5. The highest BCUT2D eigenvalue weighted by Crippen LogP contribution is 2.29. The summed E-state index contributed by atoms with van der Waals surface area (Å²) in [7, 11) is -9.24. The number of pyridine rings is 1. The first kappa shape index (κ1) is 29.5. The molecule has 0 saturated heterocycles. The lowest BCUT2D eigenvalue weighted by Crippen LogP contribution is -2.56. The molecule has 0 fully saturated rings. The molecule has 21 heteroatoms. The molecular weight excluding hydrogens is 610 g/mol. The fraction of sp³-hybridized carbons (Fsp3) is 0.150. The monoisotopic (exact) mass is 627 g/mol. The number of aromatic nitrogens is 3. The Hall–Kier alpha value is -4.50. The zero-order valence-corrected chi connectivity index (χ0v) is 22.9. The number of carbonyl (C=O) groups excluding carboxylic acids is 2. The smallest absolute Gasteiger partial charge is 0.291 e. The van der Waals surface area contributed by atoms with E-state index in [2.05, 4.69) is 20.3 Å². The second kappa shape index (κ2) is 11.5. The molecule has 1 aromatic carbocycles. The molecule has 4 rings (SSSR count). The van der Waals surface area contributed by atoms with Gasteiger partial charge in [0.05, 0.1) is 16.8 Å². The first-order chi connectivity index (χ1) is 19.3. The summed E-state index contributed by atoms with van der Waals surface area (Å²) in [6.45, 7) is 0.782. The normalized spacial score (nSPS) is 15.0. The number of carbonyl (C=O) groups is 2. The van der Waals surface area contributed by atoms with E-state index in [4.69, 9.17) is 16.3 Å². The number of amides is 2. The molecule has 0 spiro atoms. The largest absolute Gasteiger partial charge is 0.466 e. The number of fused-ring (bicyclic) bond motifs is 1. The van der Waals surface area contributed by atoms with Crippen LogP contribution < -0.4 is 25.1 Å². The Bertz CT molecular complexity index is 1740. The second-order valence-corrected chi connectivity index (χ2v) is 11.7. The lowest BCUT2D eigenvalue weighted by atomic mass is 10.2. The summed E-state index contributed by atoms with van der Waals surface area (Å²) in [5.74, 6) is -1.96. The van der Waals surface area contributed by atoms with Crippen molar-refractivity contribution in [1.29, 1.82) is 0 Å². The molecule has 0 aliphatic carbocycles. The number of ether oxygens (including phenoxy) is 1. The van der Waals surface area contributed by atoms with Crippen LogP contribution in [0, 0.1) is 10.1 Å². The number of hydrogen-bond donors (Lipinski definition) is 4. The van der Waals surface area contributed by atoms with Gasteiger partial charge in [-0.2, -0.15) is 0 Å². The average molecular weight is 628 g/mol. The van der Waals surface area contributed by atoms with Gasteiger partial charge in [0.1, 0.15) is 6.17 Å². The Morgan fingerprint density at radius 2 is 1.95 bits per heavy atom. The summed E-state index contributed by atoms with van der Waals surface area (Å²) in [4.78, 5) is 49.9. The molecule has 18 nitrogen and oxygen atoms in total. The number of halogens is 1. The number of anilines is 1. The summed E-state index contributed by atoms with van der Waals surface area (Å²) >= 11 is 5.75. The van der Waals surface area contributed by atoms with Gasteiger partial charge in [0, 0.05) is 23.5 Å². The topological polar surface area (TPSA) is 245 Å². The molecule has 4 N–H and O–H groups in total. The first-order valence-electron chi connectivity index (χ1n) is 11.1. The molecule has 2 amide bonds. The van der Waals surface area contributed by atoms with Crippen LogP contribution in [-0.2, 0) is 24.8 Å². The Balaban J connectivity index is 1.51. The van der Waals surface area contributed by atoms with E-state index in [9.17, 15) is 36.5 Å². The first-order valence-corrected chi connectivity index (χ1v) is 14.4. The molecule has 1 unspecified atom stereocenters. The van der Waals surface area contributed by atoms with E-state index in [1.165, 1.54) is 31.6 Å². The van der Waals surface area contributed by atoms with Crippen molar-refractivity contribution in [3.05, 3.63) is 69.8 Å². The lowest BCUT2D eigenvalue weighted by molar-refractivity contribution is -0.387. The van der Waals surface area contributed by atoms with Crippen LogP contribution in [0.1, 0.15) is 17.4 Å². The Morgan fingerprint density at radius 1 is 1.20 bits per heavy atom. The third kappa shape index (κ3) is 6.63. The standard InChI is InChI=1S/C20H18ClN9O9S2/c1-11-24-13-3-5-18(41(37,38)27-26-16(31)10-39-17-9-22-6-7-23-17)25-19(13)20(32)29(11)28-40(35,36)15-4-2-12(21)8-14(15)30(33)34/h2-9,11,24,27-28H,10H2,1H3,(H,26,31). The maximum atomic E-state index is 13.2. The highest BCUT2D eigenvalue weighted by Gasteiger charge is 2.37. The number of nitrogens with one attached hydrogen (secondary N) is 4. The van der Waals surface area contributed by atoms with E-state index in [0.717, 1.165) is 24.3 Å². The summed E-state index contributed by atoms with van der Waals surface area (Å²) in [6.07, 6.45) is 2.91. The molecule has 2 aromatic heterocycles. The number of benzene rings is 1. The van der Waals surface area contributed by atoms with Gasteiger partial charge in [-0.3, -0.25) is 30.1 Å². The van der Waals surface area contributed by atoms with Crippen LogP contribution >= 0.6 is 11.6 Å². The van der Waals surface area contributed by atoms with E-state index in [-0.39, 0.29) is 16.6 Å². The van der Waals surface area contributed by atoms with Gasteiger partial charge in [0.2, 0.25) is 5.88 Å². The van der Waals surface area contributed by atoms with Crippen molar-refractivity contribution in [2.24, 2.45) is 0 Å². The van der Waals surface area contributed by atoms with E-state index in [0.29, 0.717) is 5.01 Å². The molecule has 0 radical (unpaired) electrons. The van der Waals surface area contributed by atoms with Gasteiger partial charge in [-0.05, 0) is 31.2 Å². The molecule has 1 aliphatic rings. The predicted octanol–water partition coefficient (Wildman–Crippen LogP) is -0.0711. The number of hydrazine groups is 2. The van der Waals surface area contributed by atoms with Gasteiger partial charge in [0.15, 0.2) is 22.2 Å². The summed E-state index contributed by atoms with van der Waals surface area (Å²) in [5.41, 5.74) is 0.636. The minimum atomic E-state index is -4.71. The van der Waals surface area contributed by atoms with E-state index in [1.807, 2.05) is 10.3 Å². The van der Waals surface area contributed by atoms with Crippen LogP contribution in [0.4, 0.5) is 11.4 Å². The highest BCUT2D eigenvalue weighted by atomic mass is 35.5. The van der Waals surface area contributed by atoms with Crippen LogP contribution in [0.3, 0.4) is 0 Å². The van der Waals surface area contributed by atoms with Gasteiger partial charge in [-0.1, -0.05) is 11.6 Å². The molecule has 1 aliphatic heterocycles. The quantitative estimate of drug-likeness (QED) is 0.170. The SMILES string of the molecule is CC1Nc2ccc(S(=O)(=O)NNC(=O)COc3cnccn3)nc2C(=O)N1NS(=O)(=O)c1ccc(Cl)cc1[N+](=O)[O-]. The lowest BCUT2D eigenvalue weighted by Gasteiger charge is -2.34. The maximum Gasteiger partial charge on any atom is 0.291 e. The van der Waals surface area contributed by atoms with Crippen molar-refractivity contribution >= 4 is 54.8 Å². The highest BCUT2D eigenvalue weighted by molar-refractivity contribution is 7.89. The minimum Gasteiger partial charge on any atom is -0.466 e. The zero-order chi connectivity index (χ0) is 29.9. The van der Waals surface area contributed by atoms with Crippen molar-refractivity contribution in [3.8, 4) is 5.88 Å². The van der Waals surface area contributed by atoms with Crippen LogP contribution in [0.15, 0.2) is 58.8 Å². The number of nitro benzene ring substituents is 1. The number of nitro groups is 1. The molecule has 3 aromatic rings. The van der Waals surface area contributed by atoms with Gasteiger partial charge in [0.25, 0.3) is 37.5 Å². The van der Waals surface area contributed by atoms with Crippen LogP contribution in [0.25, 0.3) is 0 Å². The molecule has 41 heavy (non-hydrogen) atoms. The van der Waals surface area contributed by atoms with Crippen molar-refractivity contribution in [2.45, 2.75) is 23.0 Å². The Labute approximate surface area is 236 Å². The van der Waals surface area contributed by atoms with Gasteiger partial charge in [-0.25, -0.2) is 31.8 Å². The van der Waals surface area contributed by atoms with Gasteiger partial charge in [-0.15, -0.1) is 9.66 Å². The van der Waals surface area contributed by atoms with Crippen LogP contribution in [0.5, 0.6) is 5.88 Å². The number of nitrogens with zero attached hydrogens (tertiary/aromatic N) is 5. The van der Waals surface area contributed by atoms with E-state index < -0.39 is 70.9 Å². The number of hydrogen-bond acceptors (Lipinski definition) is 13. The third-order valence-electron chi connectivity index (χ3n) is 5.16. The van der Waals surface area contributed by atoms with E-state index in [1.54, 1.807) is 4.83 Å². The molecule has 3 heterocycles. The summed E-state index contributed by atoms with van der Waals surface area (Å²) in [6, 6.07) is 5.08. The number of sulfonamides is 2. The molecule has 216 valence electrons. The molecular formula is C20H18ClN9O9S2. The minimum absolute atomic E-state index is 0.0212. The summed E-state index contributed by atoms with van der Waals surface area (Å²) in [5, 5.41) is 13.9. The van der Waals surface area contributed by atoms with Crippen molar-refractivity contribution < 1.29 is 36.1 Å². The fourth-order valence-electron chi connectivity index (χ4n) is 3.32.